The molecule has 2 fully saturated rings. The Morgan fingerprint density at radius 2 is 1.76 bits per heavy atom. The Labute approximate surface area is 147 Å². The zero-order valence-corrected chi connectivity index (χ0v) is 14.3. The minimum absolute atomic E-state index is 0.0322. The quantitative estimate of drug-likeness (QED) is 0.636. The van der Waals surface area contributed by atoms with Crippen molar-refractivity contribution in [1.82, 2.24) is 10.6 Å². The summed E-state index contributed by atoms with van der Waals surface area (Å²) in [6.07, 6.45) is 3.83. The second kappa shape index (κ2) is 7.44. The van der Waals surface area contributed by atoms with Gasteiger partial charge in [0.15, 0.2) is 0 Å². The van der Waals surface area contributed by atoms with Gasteiger partial charge in [0.05, 0.1) is 12.0 Å². The van der Waals surface area contributed by atoms with Crippen LogP contribution in [0.4, 0.5) is 4.79 Å². The van der Waals surface area contributed by atoms with Gasteiger partial charge in [0.2, 0.25) is 0 Å². The molecule has 1 atom stereocenters. The van der Waals surface area contributed by atoms with Crippen molar-refractivity contribution in [2.45, 2.75) is 50.7 Å². The van der Waals surface area contributed by atoms with Gasteiger partial charge >= 0.3 is 12.0 Å². The topological polar surface area (TPSA) is 98.7 Å². The van der Waals surface area contributed by atoms with Crippen molar-refractivity contribution >= 4 is 12.0 Å². The Bertz CT molecular complexity index is 607. The number of aliphatic hydroxyl groups is 1. The summed E-state index contributed by atoms with van der Waals surface area (Å²) in [4.78, 5) is 23.1. The molecular weight excluding hydrogens is 320 g/mol. The highest BCUT2D eigenvalue weighted by molar-refractivity contribution is 5.74. The van der Waals surface area contributed by atoms with Crippen molar-refractivity contribution < 1.29 is 19.8 Å². The number of benzene rings is 1. The SMILES string of the molecule is O=C(NCC1(C(O)c2ccccc2)CC1)NC1CCC(C(=O)O)CC1. The number of carbonyl (C=O) groups excluding carboxylic acids is 1. The van der Waals surface area contributed by atoms with Crippen molar-refractivity contribution in [1.29, 1.82) is 0 Å². The van der Waals surface area contributed by atoms with Crippen LogP contribution in [0.5, 0.6) is 0 Å². The standard InChI is InChI=1S/C19H26N2O4/c22-16(13-4-2-1-3-5-13)19(10-11-19)12-20-18(25)21-15-8-6-14(7-9-15)17(23)24/h1-5,14-16,22H,6-12H2,(H,23,24)(H2,20,21,25). The fraction of sp³-hybridized carbons (Fsp3) is 0.579. The molecule has 0 saturated heterocycles. The summed E-state index contributed by atoms with van der Waals surface area (Å²) in [6, 6.07) is 9.35. The third-order valence-electron chi connectivity index (χ3n) is 5.60. The highest BCUT2D eigenvalue weighted by Gasteiger charge is 2.49. The molecule has 4 N–H and O–H groups in total. The molecule has 6 nitrogen and oxygen atoms in total. The summed E-state index contributed by atoms with van der Waals surface area (Å²) in [5.74, 6) is -1.02. The lowest BCUT2D eigenvalue weighted by atomic mass is 9.86. The fourth-order valence-corrected chi connectivity index (χ4v) is 3.67. The zero-order valence-electron chi connectivity index (χ0n) is 14.3. The van der Waals surface area contributed by atoms with Crippen LogP contribution in [0, 0.1) is 11.3 Å². The maximum Gasteiger partial charge on any atom is 0.315 e. The van der Waals surface area contributed by atoms with E-state index in [0.29, 0.717) is 32.2 Å². The summed E-state index contributed by atoms with van der Waals surface area (Å²) in [6.45, 7) is 0.444. The molecular formula is C19H26N2O4. The Morgan fingerprint density at radius 3 is 2.32 bits per heavy atom. The highest BCUT2D eigenvalue weighted by atomic mass is 16.4. The molecule has 2 amide bonds. The van der Waals surface area contributed by atoms with Crippen LogP contribution < -0.4 is 10.6 Å². The van der Waals surface area contributed by atoms with Crippen molar-refractivity contribution in [3.8, 4) is 0 Å². The maximum absolute atomic E-state index is 12.1. The molecule has 2 aliphatic rings. The van der Waals surface area contributed by atoms with Crippen LogP contribution in [0.3, 0.4) is 0 Å². The minimum atomic E-state index is -0.742. The van der Waals surface area contributed by atoms with Gasteiger partial charge in [0.1, 0.15) is 0 Å². The zero-order chi connectivity index (χ0) is 17.9. The Hall–Kier alpha value is -2.08. The largest absolute Gasteiger partial charge is 0.481 e. The van der Waals surface area contributed by atoms with Crippen LogP contribution in [0.2, 0.25) is 0 Å². The molecule has 0 aromatic heterocycles. The number of aliphatic hydroxyl groups excluding tert-OH is 1. The van der Waals surface area contributed by atoms with Crippen LogP contribution in [0.25, 0.3) is 0 Å². The van der Waals surface area contributed by atoms with Crippen LogP contribution in [0.15, 0.2) is 30.3 Å². The second-order valence-corrected chi connectivity index (χ2v) is 7.39. The third kappa shape index (κ3) is 4.31. The average molecular weight is 346 g/mol. The second-order valence-electron chi connectivity index (χ2n) is 7.39. The van der Waals surface area contributed by atoms with E-state index in [1.165, 1.54) is 0 Å². The average Bonchev–Trinajstić information content (AvgIpc) is 3.42. The molecule has 0 bridgehead atoms. The molecule has 0 spiro atoms. The first-order valence-corrected chi connectivity index (χ1v) is 9.00. The van der Waals surface area contributed by atoms with E-state index in [1.54, 1.807) is 0 Å². The lowest BCUT2D eigenvalue weighted by Crippen LogP contribution is -2.46. The molecule has 136 valence electrons. The molecule has 0 heterocycles. The first-order valence-electron chi connectivity index (χ1n) is 9.00. The molecule has 2 aliphatic carbocycles. The van der Waals surface area contributed by atoms with Gasteiger partial charge in [-0.1, -0.05) is 30.3 Å². The van der Waals surface area contributed by atoms with E-state index in [9.17, 15) is 14.7 Å². The molecule has 0 radical (unpaired) electrons. The highest BCUT2D eigenvalue weighted by Crippen LogP contribution is 2.54. The summed E-state index contributed by atoms with van der Waals surface area (Å²) < 4.78 is 0. The van der Waals surface area contributed by atoms with Crippen molar-refractivity contribution in [3.05, 3.63) is 35.9 Å². The predicted molar refractivity (Wildman–Crippen MR) is 93.0 cm³/mol. The number of nitrogens with one attached hydrogen (secondary N) is 2. The number of hydrogen-bond acceptors (Lipinski definition) is 3. The predicted octanol–water partition coefficient (Wildman–Crippen LogP) is 2.44. The van der Waals surface area contributed by atoms with E-state index in [2.05, 4.69) is 10.6 Å². The van der Waals surface area contributed by atoms with E-state index < -0.39 is 12.1 Å². The van der Waals surface area contributed by atoms with Crippen molar-refractivity contribution in [3.63, 3.8) is 0 Å². The van der Waals surface area contributed by atoms with Crippen molar-refractivity contribution in [2.75, 3.05) is 6.54 Å². The first-order chi connectivity index (χ1) is 12.0. The summed E-state index contributed by atoms with van der Waals surface area (Å²) in [7, 11) is 0. The smallest absolute Gasteiger partial charge is 0.315 e. The van der Waals surface area contributed by atoms with E-state index in [0.717, 1.165) is 18.4 Å². The lowest BCUT2D eigenvalue weighted by molar-refractivity contribution is -0.142. The van der Waals surface area contributed by atoms with E-state index >= 15 is 0 Å². The number of aliphatic carboxylic acids is 1. The summed E-state index contributed by atoms with van der Waals surface area (Å²) in [5.41, 5.74) is 0.619. The van der Waals surface area contributed by atoms with Gasteiger partial charge in [0.25, 0.3) is 0 Å². The normalized spacial score (nSPS) is 25.6. The molecule has 25 heavy (non-hydrogen) atoms. The Balaban J connectivity index is 1.44. The molecule has 1 aromatic rings. The van der Waals surface area contributed by atoms with E-state index in [4.69, 9.17) is 5.11 Å². The lowest BCUT2D eigenvalue weighted by Gasteiger charge is -2.28. The van der Waals surface area contributed by atoms with Crippen LogP contribution in [-0.4, -0.2) is 34.8 Å². The Kier molecular flexibility index (Phi) is 5.27. The van der Waals surface area contributed by atoms with Gasteiger partial charge in [-0.05, 0) is 44.1 Å². The Morgan fingerprint density at radius 1 is 1.12 bits per heavy atom. The van der Waals surface area contributed by atoms with Gasteiger partial charge in [-0.15, -0.1) is 0 Å². The first kappa shape index (κ1) is 17.7. The van der Waals surface area contributed by atoms with Crippen LogP contribution in [-0.2, 0) is 4.79 Å². The number of amides is 2. The fourth-order valence-electron chi connectivity index (χ4n) is 3.67. The summed E-state index contributed by atoms with van der Waals surface area (Å²) in [5, 5.41) is 25.4. The maximum atomic E-state index is 12.1. The van der Waals surface area contributed by atoms with Crippen molar-refractivity contribution in [2.24, 2.45) is 11.3 Å². The number of rotatable bonds is 6. The molecule has 1 unspecified atom stereocenters. The van der Waals surface area contributed by atoms with E-state index in [-0.39, 0.29) is 23.4 Å². The molecule has 2 saturated carbocycles. The number of carboxylic acids is 1. The van der Waals surface area contributed by atoms with Gasteiger partial charge < -0.3 is 20.8 Å². The summed E-state index contributed by atoms with van der Waals surface area (Å²) >= 11 is 0. The molecule has 6 heteroatoms. The minimum Gasteiger partial charge on any atom is -0.481 e. The van der Waals surface area contributed by atoms with Crippen LogP contribution >= 0.6 is 0 Å². The van der Waals surface area contributed by atoms with E-state index in [1.807, 2.05) is 30.3 Å². The number of carboxylic acid groups (broad SMARTS) is 1. The van der Waals surface area contributed by atoms with Crippen LogP contribution in [0.1, 0.15) is 50.2 Å². The number of hydrogen-bond donors (Lipinski definition) is 4. The molecule has 1 aromatic carbocycles. The van der Waals surface area contributed by atoms with Gasteiger partial charge in [-0.25, -0.2) is 4.79 Å². The third-order valence-corrected chi connectivity index (χ3v) is 5.60. The van der Waals surface area contributed by atoms with Gasteiger partial charge in [-0.2, -0.15) is 0 Å². The monoisotopic (exact) mass is 346 g/mol. The number of carbonyl (C=O) groups is 2. The number of urea groups is 1. The molecule has 3 rings (SSSR count). The van der Waals surface area contributed by atoms with Gasteiger partial charge in [0, 0.05) is 18.0 Å². The molecule has 0 aliphatic heterocycles. The van der Waals surface area contributed by atoms with Gasteiger partial charge in [-0.3, -0.25) is 4.79 Å².